The Morgan fingerprint density at radius 1 is 1.25 bits per heavy atom. The summed E-state index contributed by atoms with van der Waals surface area (Å²) in [6, 6.07) is 5.69. The molecule has 2 rings (SSSR count). The lowest BCUT2D eigenvalue weighted by Gasteiger charge is -2.32. The van der Waals surface area contributed by atoms with Gasteiger partial charge in [-0.25, -0.2) is 0 Å². The van der Waals surface area contributed by atoms with Gasteiger partial charge in [-0.2, -0.15) is 0 Å². The molecule has 0 radical (unpaired) electrons. The van der Waals surface area contributed by atoms with Crippen molar-refractivity contribution in [3.8, 4) is 5.75 Å². The minimum atomic E-state index is -4.67. The zero-order valence-electron chi connectivity index (χ0n) is 10.9. The third-order valence-corrected chi connectivity index (χ3v) is 3.36. The van der Waals surface area contributed by atoms with Crippen molar-refractivity contribution >= 4 is 6.29 Å². The summed E-state index contributed by atoms with van der Waals surface area (Å²) in [6.07, 6.45) is -0.798. The summed E-state index contributed by atoms with van der Waals surface area (Å²) < 4.78 is 39.9. The second-order valence-corrected chi connectivity index (χ2v) is 4.86. The zero-order valence-corrected chi connectivity index (χ0v) is 10.9. The molecule has 0 amide bonds. The molecule has 3 nitrogen and oxygen atoms in total. The van der Waals surface area contributed by atoms with E-state index in [4.69, 9.17) is 0 Å². The number of carbonyl (C=O) groups is 1. The third-order valence-electron chi connectivity index (χ3n) is 3.36. The van der Waals surface area contributed by atoms with Gasteiger partial charge in [-0.3, -0.25) is 4.90 Å². The number of hydrogen-bond acceptors (Lipinski definition) is 3. The van der Waals surface area contributed by atoms with E-state index in [0.29, 0.717) is 6.54 Å². The van der Waals surface area contributed by atoms with Gasteiger partial charge in [-0.1, -0.05) is 18.6 Å². The second kappa shape index (κ2) is 6.26. The van der Waals surface area contributed by atoms with E-state index < -0.39 is 6.36 Å². The highest BCUT2D eigenvalue weighted by atomic mass is 19.4. The van der Waals surface area contributed by atoms with Gasteiger partial charge in [-0.15, -0.1) is 13.2 Å². The number of hydrogen-bond donors (Lipinski definition) is 0. The Morgan fingerprint density at radius 3 is 2.55 bits per heavy atom. The van der Waals surface area contributed by atoms with Crippen LogP contribution in [0.25, 0.3) is 0 Å². The van der Waals surface area contributed by atoms with Crippen molar-refractivity contribution in [3.05, 3.63) is 29.8 Å². The number of halogens is 3. The van der Waals surface area contributed by atoms with E-state index in [9.17, 15) is 18.0 Å². The molecule has 1 unspecified atom stereocenters. The summed E-state index contributed by atoms with van der Waals surface area (Å²) in [7, 11) is 0. The SMILES string of the molecule is O=CC1CCCCN1Cc1ccc(OC(F)(F)F)cc1. The van der Waals surface area contributed by atoms with E-state index in [2.05, 4.69) is 9.64 Å². The van der Waals surface area contributed by atoms with Crippen molar-refractivity contribution in [1.29, 1.82) is 0 Å². The minimum absolute atomic E-state index is 0.0881. The summed E-state index contributed by atoms with van der Waals surface area (Å²) >= 11 is 0. The zero-order chi connectivity index (χ0) is 14.6. The smallest absolute Gasteiger partial charge is 0.406 e. The van der Waals surface area contributed by atoms with Gasteiger partial charge in [0.2, 0.25) is 0 Å². The van der Waals surface area contributed by atoms with Crippen molar-refractivity contribution in [3.63, 3.8) is 0 Å². The van der Waals surface area contributed by atoms with Crippen LogP contribution in [0.5, 0.6) is 5.75 Å². The van der Waals surface area contributed by atoms with Gasteiger partial charge in [0.15, 0.2) is 0 Å². The molecule has 110 valence electrons. The summed E-state index contributed by atoms with van der Waals surface area (Å²) in [5.41, 5.74) is 0.869. The van der Waals surface area contributed by atoms with E-state index in [-0.39, 0.29) is 11.8 Å². The fourth-order valence-corrected chi connectivity index (χ4v) is 2.40. The summed E-state index contributed by atoms with van der Waals surface area (Å²) in [4.78, 5) is 13.0. The van der Waals surface area contributed by atoms with Crippen molar-refractivity contribution in [1.82, 2.24) is 4.90 Å². The molecule has 1 heterocycles. The Morgan fingerprint density at radius 2 is 1.95 bits per heavy atom. The molecule has 0 N–H and O–H groups in total. The second-order valence-electron chi connectivity index (χ2n) is 4.86. The Kier molecular flexibility index (Phi) is 4.65. The van der Waals surface area contributed by atoms with Gasteiger partial charge in [0, 0.05) is 6.54 Å². The number of rotatable bonds is 4. The van der Waals surface area contributed by atoms with Crippen LogP contribution in [0.3, 0.4) is 0 Å². The molecular formula is C14H16F3NO2. The summed E-state index contributed by atoms with van der Waals surface area (Å²) in [6.45, 7) is 1.40. The van der Waals surface area contributed by atoms with Crippen LogP contribution < -0.4 is 4.74 Å². The number of aldehydes is 1. The number of alkyl halides is 3. The number of nitrogens with zero attached hydrogens (tertiary/aromatic N) is 1. The Bertz CT molecular complexity index is 445. The lowest BCUT2D eigenvalue weighted by molar-refractivity contribution is -0.274. The van der Waals surface area contributed by atoms with Gasteiger partial charge in [0.25, 0.3) is 0 Å². The van der Waals surface area contributed by atoms with Gasteiger partial charge < -0.3 is 9.53 Å². The molecule has 20 heavy (non-hydrogen) atoms. The fraction of sp³-hybridized carbons (Fsp3) is 0.500. The number of piperidine rings is 1. The molecule has 0 spiro atoms. The Labute approximate surface area is 115 Å². The first-order valence-electron chi connectivity index (χ1n) is 6.52. The number of benzene rings is 1. The molecular weight excluding hydrogens is 271 g/mol. The quantitative estimate of drug-likeness (QED) is 0.797. The maximum atomic E-state index is 12.0. The van der Waals surface area contributed by atoms with Crippen LogP contribution >= 0.6 is 0 Å². The first kappa shape index (κ1) is 14.8. The molecule has 1 atom stereocenters. The van der Waals surface area contributed by atoms with Crippen LogP contribution in [0.2, 0.25) is 0 Å². The van der Waals surface area contributed by atoms with Gasteiger partial charge in [0.1, 0.15) is 12.0 Å². The van der Waals surface area contributed by atoms with E-state index >= 15 is 0 Å². The van der Waals surface area contributed by atoms with Crippen LogP contribution in [-0.4, -0.2) is 30.1 Å². The highest BCUT2D eigenvalue weighted by Crippen LogP contribution is 2.24. The van der Waals surface area contributed by atoms with Crippen LogP contribution in [0.1, 0.15) is 24.8 Å². The molecule has 0 aliphatic carbocycles. The Hall–Kier alpha value is -1.56. The fourth-order valence-electron chi connectivity index (χ4n) is 2.40. The van der Waals surface area contributed by atoms with Crippen LogP contribution in [-0.2, 0) is 11.3 Å². The third kappa shape index (κ3) is 4.23. The van der Waals surface area contributed by atoms with Crippen molar-refractivity contribution < 1.29 is 22.7 Å². The average Bonchev–Trinajstić information content (AvgIpc) is 2.40. The van der Waals surface area contributed by atoms with E-state index in [1.165, 1.54) is 12.1 Å². The number of ether oxygens (including phenoxy) is 1. The van der Waals surface area contributed by atoms with Gasteiger partial charge in [0.05, 0.1) is 6.04 Å². The maximum Gasteiger partial charge on any atom is 0.573 e. The predicted molar refractivity (Wildman–Crippen MR) is 67.2 cm³/mol. The molecule has 1 aliphatic rings. The molecule has 1 aliphatic heterocycles. The van der Waals surface area contributed by atoms with Crippen molar-refractivity contribution in [2.24, 2.45) is 0 Å². The van der Waals surface area contributed by atoms with Crippen LogP contribution in [0, 0.1) is 0 Å². The van der Waals surface area contributed by atoms with E-state index in [1.807, 2.05) is 0 Å². The molecule has 0 saturated carbocycles. The first-order chi connectivity index (χ1) is 9.48. The average molecular weight is 287 g/mol. The summed E-state index contributed by atoms with van der Waals surface area (Å²) in [5, 5.41) is 0. The monoisotopic (exact) mass is 287 g/mol. The van der Waals surface area contributed by atoms with Gasteiger partial charge in [-0.05, 0) is 37.1 Å². The topological polar surface area (TPSA) is 29.5 Å². The lowest BCUT2D eigenvalue weighted by Crippen LogP contribution is -2.39. The van der Waals surface area contributed by atoms with E-state index in [1.54, 1.807) is 12.1 Å². The highest BCUT2D eigenvalue weighted by Gasteiger charge is 2.31. The minimum Gasteiger partial charge on any atom is -0.406 e. The van der Waals surface area contributed by atoms with Crippen LogP contribution in [0.4, 0.5) is 13.2 Å². The first-order valence-corrected chi connectivity index (χ1v) is 6.52. The molecule has 1 aromatic rings. The molecule has 1 fully saturated rings. The highest BCUT2D eigenvalue weighted by molar-refractivity contribution is 5.57. The normalized spacial score (nSPS) is 20.6. The molecule has 0 bridgehead atoms. The van der Waals surface area contributed by atoms with Crippen molar-refractivity contribution in [2.75, 3.05) is 6.54 Å². The Balaban J connectivity index is 1.97. The van der Waals surface area contributed by atoms with Crippen LogP contribution in [0.15, 0.2) is 24.3 Å². The molecule has 0 aromatic heterocycles. The predicted octanol–water partition coefficient (Wildman–Crippen LogP) is 3.14. The number of likely N-dealkylation sites (tertiary alicyclic amines) is 1. The van der Waals surface area contributed by atoms with Gasteiger partial charge >= 0.3 is 6.36 Å². The molecule has 1 aromatic carbocycles. The largest absolute Gasteiger partial charge is 0.573 e. The lowest BCUT2D eigenvalue weighted by atomic mass is 10.0. The van der Waals surface area contributed by atoms with E-state index in [0.717, 1.165) is 37.7 Å². The molecule has 6 heteroatoms. The van der Waals surface area contributed by atoms with Crippen molar-refractivity contribution in [2.45, 2.75) is 38.2 Å². The number of carbonyl (C=O) groups excluding carboxylic acids is 1. The standard InChI is InChI=1S/C14H16F3NO2/c15-14(16,17)20-13-6-4-11(5-7-13)9-18-8-2-1-3-12(18)10-19/h4-7,10,12H,1-3,8-9H2. The molecule has 1 saturated heterocycles. The summed E-state index contributed by atoms with van der Waals surface area (Å²) in [5.74, 6) is -0.230. The maximum absolute atomic E-state index is 12.0.